The molecule has 3 N–H and O–H groups in total. The van der Waals surface area contributed by atoms with Crippen LogP contribution < -0.4 is 10.6 Å². The summed E-state index contributed by atoms with van der Waals surface area (Å²) in [6.45, 7) is -0.253. The van der Waals surface area contributed by atoms with Crippen LogP contribution >= 0.6 is 15.9 Å². The molecule has 1 aromatic rings. The minimum atomic E-state index is -0.493. The van der Waals surface area contributed by atoms with Gasteiger partial charge in [0.1, 0.15) is 0 Å². The van der Waals surface area contributed by atoms with Gasteiger partial charge in [-0.25, -0.2) is 0 Å². The van der Waals surface area contributed by atoms with Crippen LogP contribution in [0.3, 0.4) is 0 Å². The Morgan fingerprint density at radius 2 is 2.26 bits per heavy atom. The largest absolute Gasteiger partial charge is 0.444 e. The van der Waals surface area contributed by atoms with Crippen LogP contribution in [0.5, 0.6) is 0 Å². The monoisotopic (exact) mass is 334 g/mol. The summed E-state index contributed by atoms with van der Waals surface area (Å²) >= 11 is 3.07. The van der Waals surface area contributed by atoms with E-state index in [-0.39, 0.29) is 25.5 Å². The lowest BCUT2D eigenvalue weighted by Gasteiger charge is -2.15. The zero-order chi connectivity index (χ0) is 14.3. The first kappa shape index (κ1) is 15.7. The molecule has 1 heterocycles. The molecule has 2 amide bonds. The molecule has 1 atom stereocenters. The van der Waals surface area contributed by atoms with Gasteiger partial charge in [0.25, 0.3) is 5.91 Å². The average Bonchev–Trinajstić information content (AvgIpc) is 2.82. The summed E-state index contributed by atoms with van der Waals surface area (Å²) in [6.07, 6.45) is 0. The summed E-state index contributed by atoms with van der Waals surface area (Å²) in [4.78, 5) is 23.1. The van der Waals surface area contributed by atoms with E-state index in [1.807, 2.05) is 0 Å². The van der Waals surface area contributed by atoms with Gasteiger partial charge in [0.05, 0.1) is 25.8 Å². The Bertz CT molecular complexity index is 434. The van der Waals surface area contributed by atoms with Crippen molar-refractivity contribution in [1.82, 2.24) is 10.6 Å². The standard InChI is InChI=1S/C11H15BrN2O5/c1-18-6-7(5-15)14-10(16)4-13-11(17)8-2-3-9(12)19-8/h2-3,7,15H,4-6H2,1H3,(H,13,17)(H,14,16). The lowest BCUT2D eigenvalue weighted by molar-refractivity contribution is -0.121. The molecular weight excluding hydrogens is 320 g/mol. The van der Waals surface area contributed by atoms with Crippen LogP contribution in [0.15, 0.2) is 21.2 Å². The van der Waals surface area contributed by atoms with Crippen LogP contribution in [-0.4, -0.2) is 49.8 Å². The number of nitrogens with one attached hydrogen (secondary N) is 2. The van der Waals surface area contributed by atoms with Gasteiger partial charge in [-0.15, -0.1) is 0 Å². The predicted molar refractivity (Wildman–Crippen MR) is 69.6 cm³/mol. The fourth-order valence-electron chi connectivity index (χ4n) is 1.30. The maximum Gasteiger partial charge on any atom is 0.287 e. The molecule has 8 heteroatoms. The zero-order valence-electron chi connectivity index (χ0n) is 10.3. The van der Waals surface area contributed by atoms with Gasteiger partial charge >= 0.3 is 0 Å². The van der Waals surface area contributed by atoms with Gasteiger partial charge in [-0.1, -0.05) is 0 Å². The third kappa shape index (κ3) is 5.41. The first-order chi connectivity index (χ1) is 9.06. The summed E-state index contributed by atoms with van der Waals surface area (Å²) in [5, 5.41) is 13.9. The Kier molecular flexibility index (Phi) is 6.54. The molecule has 0 aliphatic rings. The number of aliphatic hydroxyl groups excluding tert-OH is 1. The van der Waals surface area contributed by atoms with Crippen LogP contribution in [0.1, 0.15) is 10.6 Å². The smallest absolute Gasteiger partial charge is 0.287 e. The van der Waals surface area contributed by atoms with E-state index in [4.69, 9.17) is 14.3 Å². The number of hydrogen-bond donors (Lipinski definition) is 3. The Balaban J connectivity index is 2.35. The number of carbonyl (C=O) groups excluding carboxylic acids is 2. The lowest BCUT2D eigenvalue weighted by Crippen LogP contribution is -2.45. The van der Waals surface area contributed by atoms with Gasteiger partial charge in [0.15, 0.2) is 10.4 Å². The van der Waals surface area contributed by atoms with Crippen molar-refractivity contribution in [3.63, 3.8) is 0 Å². The second-order valence-electron chi connectivity index (χ2n) is 3.69. The fourth-order valence-corrected chi connectivity index (χ4v) is 1.61. The summed E-state index contributed by atoms with van der Waals surface area (Å²) in [5.74, 6) is -0.807. The molecule has 7 nitrogen and oxygen atoms in total. The second-order valence-corrected chi connectivity index (χ2v) is 4.47. The molecule has 1 unspecified atom stereocenters. The van der Waals surface area contributed by atoms with Crippen LogP contribution in [0.2, 0.25) is 0 Å². The highest BCUT2D eigenvalue weighted by atomic mass is 79.9. The molecule has 0 aromatic carbocycles. The Morgan fingerprint density at radius 1 is 1.53 bits per heavy atom. The third-order valence-electron chi connectivity index (χ3n) is 2.16. The van der Waals surface area contributed by atoms with Gasteiger partial charge in [-0.2, -0.15) is 0 Å². The molecule has 0 saturated heterocycles. The molecule has 1 aromatic heterocycles. The average molecular weight is 335 g/mol. The number of aliphatic hydroxyl groups is 1. The van der Waals surface area contributed by atoms with Crippen LogP contribution in [0.25, 0.3) is 0 Å². The molecule has 106 valence electrons. The van der Waals surface area contributed by atoms with E-state index in [2.05, 4.69) is 26.6 Å². The van der Waals surface area contributed by atoms with Crippen molar-refractivity contribution in [3.05, 3.63) is 22.6 Å². The molecule has 0 bridgehead atoms. The van der Waals surface area contributed by atoms with E-state index < -0.39 is 17.9 Å². The molecule has 0 aliphatic carbocycles. The normalized spacial score (nSPS) is 11.9. The number of halogens is 1. The number of methoxy groups -OCH3 is 1. The number of carbonyl (C=O) groups is 2. The summed E-state index contributed by atoms with van der Waals surface area (Å²) in [5.41, 5.74) is 0. The summed E-state index contributed by atoms with van der Waals surface area (Å²) < 4.78 is 10.3. The Labute approximate surface area is 118 Å². The van der Waals surface area contributed by atoms with E-state index in [0.717, 1.165) is 0 Å². The molecule has 19 heavy (non-hydrogen) atoms. The van der Waals surface area contributed by atoms with Crippen molar-refractivity contribution in [3.8, 4) is 0 Å². The van der Waals surface area contributed by atoms with E-state index in [1.54, 1.807) is 6.07 Å². The predicted octanol–water partition coefficient (Wildman–Crippen LogP) is -0.105. The number of furan rings is 1. The van der Waals surface area contributed by atoms with Crippen LogP contribution in [-0.2, 0) is 9.53 Å². The molecule has 0 radical (unpaired) electrons. The quantitative estimate of drug-likeness (QED) is 0.646. The number of ether oxygens (including phenoxy) is 1. The number of amides is 2. The fraction of sp³-hybridized carbons (Fsp3) is 0.455. The maximum atomic E-state index is 11.6. The molecular formula is C11H15BrN2O5. The summed E-state index contributed by atoms with van der Waals surface area (Å²) in [6, 6.07) is 2.57. The van der Waals surface area contributed by atoms with E-state index in [0.29, 0.717) is 4.67 Å². The Hall–Kier alpha value is -1.38. The van der Waals surface area contributed by atoms with Crippen LogP contribution in [0.4, 0.5) is 0 Å². The maximum absolute atomic E-state index is 11.6. The van der Waals surface area contributed by atoms with Gasteiger partial charge in [-0.3, -0.25) is 9.59 Å². The van der Waals surface area contributed by atoms with Crippen molar-refractivity contribution < 1.29 is 23.8 Å². The van der Waals surface area contributed by atoms with E-state index in [1.165, 1.54) is 13.2 Å². The van der Waals surface area contributed by atoms with Gasteiger partial charge in [-0.05, 0) is 28.1 Å². The first-order valence-corrected chi connectivity index (χ1v) is 6.28. The van der Waals surface area contributed by atoms with Crippen molar-refractivity contribution in [2.75, 3.05) is 26.9 Å². The highest BCUT2D eigenvalue weighted by Gasteiger charge is 2.14. The van der Waals surface area contributed by atoms with Crippen molar-refractivity contribution >= 4 is 27.7 Å². The topological polar surface area (TPSA) is 101 Å². The van der Waals surface area contributed by atoms with Gasteiger partial charge in [0.2, 0.25) is 5.91 Å². The number of rotatable bonds is 7. The van der Waals surface area contributed by atoms with E-state index in [9.17, 15) is 9.59 Å². The second kappa shape index (κ2) is 7.93. The van der Waals surface area contributed by atoms with E-state index >= 15 is 0 Å². The highest BCUT2D eigenvalue weighted by Crippen LogP contribution is 2.13. The van der Waals surface area contributed by atoms with Gasteiger partial charge < -0.3 is 24.9 Å². The third-order valence-corrected chi connectivity index (χ3v) is 2.59. The molecule has 0 spiro atoms. The van der Waals surface area contributed by atoms with Crippen LogP contribution in [0, 0.1) is 0 Å². The summed E-state index contributed by atoms with van der Waals surface area (Å²) in [7, 11) is 1.46. The molecule has 0 fully saturated rings. The zero-order valence-corrected chi connectivity index (χ0v) is 11.9. The van der Waals surface area contributed by atoms with Crippen molar-refractivity contribution in [1.29, 1.82) is 0 Å². The van der Waals surface area contributed by atoms with Crippen molar-refractivity contribution in [2.45, 2.75) is 6.04 Å². The molecule has 0 aliphatic heterocycles. The minimum Gasteiger partial charge on any atom is -0.444 e. The first-order valence-electron chi connectivity index (χ1n) is 5.49. The number of hydrogen-bond acceptors (Lipinski definition) is 5. The van der Waals surface area contributed by atoms with Gasteiger partial charge in [0, 0.05) is 7.11 Å². The van der Waals surface area contributed by atoms with Crippen molar-refractivity contribution in [2.24, 2.45) is 0 Å². The lowest BCUT2D eigenvalue weighted by atomic mass is 10.3. The highest BCUT2D eigenvalue weighted by molar-refractivity contribution is 9.10. The molecule has 1 rings (SSSR count). The SMILES string of the molecule is COCC(CO)NC(=O)CNC(=O)c1ccc(Br)o1. The molecule has 0 saturated carbocycles. The Morgan fingerprint density at radius 3 is 2.79 bits per heavy atom. The minimum absolute atomic E-state index is 0.107.